The molecule has 0 saturated heterocycles. The van der Waals surface area contributed by atoms with Gasteiger partial charge >= 0.3 is 0 Å². The van der Waals surface area contributed by atoms with E-state index < -0.39 is 0 Å². The molecule has 0 unspecified atom stereocenters. The summed E-state index contributed by atoms with van der Waals surface area (Å²) in [4.78, 5) is 4.11. The van der Waals surface area contributed by atoms with Crippen LogP contribution in [0.1, 0.15) is 0 Å². The van der Waals surface area contributed by atoms with Crippen LogP contribution in [0.25, 0.3) is 0 Å². The summed E-state index contributed by atoms with van der Waals surface area (Å²) in [5, 5.41) is 0.859. The highest BCUT2D eigenvalue weighted by Gasteiger charge is 2.00. The Morgan fingerprint density at radius 3 is 2.82 bits per heavy atom. The van der Waals surface area contributed by atoms with Crippen molar-refractivity contribution in [3.05, 3.63) is 18.3 Å². The second-order valence-electron chi connectivity index (χ2n) is 2.30. The fourth-order valence-corrected chi connectivity index (χ4v) is 1.28. The second kappa shape index (κ2) is 3.59. The molecule has 0 aliphatic heterocycles. The van der Waals surface area contributed by atoms with Gasteiger partial charge in [0, 0.05) is 6.20 Å². The van der Waals surface area contributed by atoms with Gasteiger partial charge in [-0.1, -0.05) is 0 Å². The molecule has 1 aromatic rings. The van der Waals surface area contributed by atoms with Crippen molar-refractivity contribution in [3.63, 3.8) is 0 Å². The van der Waals surface area contributed by atoms with Crippen LogP contribution in [-0.2, 0) is 0 Å². The van der Waals surface area contributed by atoms with Crippen LogP contribution in [0.4, 0.5) is 5.69 Å². The summed E-state index contributed by atoms with van der Waals surface area (Å²) in [6.07, 6.45) is 1.74. The number of nitrogen functional groups attached to an aromatic ring is 1. The Balaban J connectivity index is 2.78. The highest BCUT2D eigenvalue weighted by molar-refractivity contribution is 7.97. The van der Waals surface area contributed by atoms with Gasteiger partial charge in [0.15, 0.2) is 0 Å². The van der Waals surface area contributed by atoms with Crippen molar-refractivity contribution in [2.45, 2.75) is 5.03 Å². The third-order valence-corrected chi connectivity index (χ3v) is 1.95. The highest BCUT2D eigenvalue weighted by Crippen LogP contribution is 2.22. The summed E-state index contributed by atoms with van der Waals surface area (Å²) in [5.41, 5.74) is 6.39. The molecule has 0 saturated carbocycles. The number of pyridine rings is 1. The standard InChI is InChI=1S/C7H11N3S/c1-10(2)11-7-6(8)4-3-5-9-7/h3-5H,8H2,1-2H3. The first kappa shape index (κ1) is 8.36. The van der Waals surface area contributed by atoms with Crippen LogP contribution in [0.3, 0.4) is 0 Å². The summed E-state index contributed by atoms with van der Waals surface area (Å²) in [7, 11) is 3.91. The molecule has 11 heavy (non-hydrogen) atoms. The number of nitrogens with zero attached hydrogens (tertiary/aromatic N) is 2. The maximum absolute atomic E-state index is 5.66. The zero-order valence-electron chi connectivity index (χ0n) is 6.61. The largest absolute Gasteiger partial charge is 0.397 e. The molecule has 0 aliphatic rings. The Kier molecular flexibility index (Phi) is 2.73. The van der Waals surface area contributed by atoms with Crippen molar-refractivity contribution in [2.75, 3.05) is 19.8 Å². The number of hydrogen-bond acceptors (Lipinski definition) is 4. The van der Waals surface area contributed by atoms with E-state index in [2.05, 4.69) is 4.98 Å². The predicted molar refractivity (Wildman–Crippen MR) is 48.2 cm³/mol. The maximum atomic E-state index is 5.66. The van der Waals surface area contributed by atoms with Gasteiger partial charge in [-0.3, -0.25) is 4.31 Å². The van der Waals surface area contributed by atoms with Crippen LogP contribution in [0.15, 0.2) is 23.4 Å². The van der Waals surface area contributed by atoms with E-state index >= 15 is 0 Å². The molecule has 2 N–H and O–H groups in total. The van der Waals surface area contributed by atoms with Gasteiger partial charge in [0.2, 0.25) is 0 Å². The lowest BCUT2D eigenvalue weighted by Crippen LogP contribution is -2.01. The van der Waals surface area contributed by atoms with Gasteiger partial charge < -0.3 is 5.73 Å². The second-order valence-corrected chi connectivity index (χ2v) is 3.60. The lowest BCUT2D eigenvalue weighted by atomic mass is 10.4. The average Bonchev–Trinajstić information content (AvgIpc) is 1.93. The Hall–Kier alpha value is -0.740. The summed E-state index contributed by atoms with van der Waals surface area (Å²) in [6.45, 7) is 0. The lowest BCUT2D eigenvalue weighted by molar-refractivity contribution is 0.700. The number of nitrogens with two attached hydrogens (primary N) is 1. The van der Waals surface area contributed by atoms with Crippen molar-refractivity contribution in [3.8, 4) is 0 Å². The van der Waals surface area contributed by atoms with Crippen molar-refractivity contribution in [1.82, 2.24) is 9.29 Å². The molecule has 0 spiro atoms. The average molecular weight is 169 g/mol. The molecule has 0 fully saturated rings. The molecule has 0 bridgehead atoms. The van der Waals surface area contributed by atoms with Crippen molar-refractivity contribution in [1.29, 1.82) is 0 Å². The first-order chi connectivity index (χ1) is 5.20. The van der Waals surface area contributed by atoms with Gasteiger partial charge in [0.25, 0.3) is 0 Å². The van der Waals surface area contributed by atoms with Gasteiger partial charge in [-0.25, -0.2) is 4.98 Å². The minimum Gasteiger partial charge on any atom is -0.397 e. The van der Waals surface area contributed by atoms with E-state index in [4.69, 9.17) is 5.73 Å². The monoisotopic (exact) mass is 169 g/mol. The third kappa shape index (κ3) is 2.40. The lowest BCUT2D eigenvalue weighted by Gasteiger charge is -2.08. The molecule has 1 heterocycles. The van der Waals surface area contributed by atoms with E-state index in [-0.39, 0.29) is 0 Å². The van der Waals surface area contributed by atoms with Crippen LogP contribution < -0.4 is 5.73 Å². The van der Waals surface area contributed by atoms with E-state index in [1.54, 1.807) is 6.20 Å². The molecule has 1 aromatic heterocycles. The molecular formula is C7H11N3S. The molecule has 60 valence electrons. The van der Waals surface area contributed by atoms with Crippen LogP contribution in [0, 0.1) is 0 Å². The van der Waals surface area contributed by atoms with E-state index in [1.165, 1.54) is 11.9 Å². The molecular weight excluding hydrogens is 158 g/mol. The van der Waals surface area contributed by atoms with E-state index in [9.17, 15) is 0 Å². The molecule has 1 rings (SSSR count). The van der Waals surface area contributed by atoms with Crippen LogP contribution >= 0.6 is 11.9 Å². The molecule has 0 aliphatic carbocycles. The quantitative estimate of drug-likeness (QED) is 0.676. The molecule has 0 atom stereocenters. The molecule has 0 radical (unpaired) electrons. The van der Waals surface area contributed by atoms with Gasteiger partial charge in [0.05, 0.1) is 5.69 Å². The van der Waals surface area contributed by atoms with Gasteiger partial charge in [-0.15, -0.1) is 0 Å². The van der Waals surface area contributed by atoms with E-state index in [0.717, 1.165) is 10.7 Å². The van der Waals surface area contributed by atoms with Gasteiger partial charge in [0.1, 0.15) is 5.03 Å². The Morgan fingerprint density at radius 2 is 2.27 bits per heavy atom. The Morgan fingerprint density at radius 1 is 1.55 bits per heavy atom. The van der Waals surface area contributed by atoms with Crippen LogP contribution in [0.5, 0.6) is 0 Å². The minimum atomic E-state index is 0.728. The number of rotatable bonds is 2. The first-order valence-corrected chi connectivity index (χ1v) is 4.03. The fourth-order valence-electron chi connectivity index (χ4n) is 0.652. The zero-order valence-corrected chi connectivity index (χ0v) is 7.43. The van der Waals surface area contributed by atoms with Crippen molar-refractivity contribution < 1.29 is 0 Å². The molecule has 4 heteroatoms. The summed E-state index contributed by atoms with van der Waals surface area (Å²) >= 11 is 1.52. The topological polar surface area (TPSA) is 42.2 Å². The fraction of sp³-hybridized carbons (Fsp3) is 0.286. The SMILES string of the molecule is CN(C)Sc1ncccc1N. The van der Waals surface area contributed by atoms with Crippen molar-refractivity contribution in [2.24, 2.45) is 0 Å². The number of anilines is 1. The van der Waals surface area contributed by atoms with Crippen molar-refractivity contribution >= 4 is 17.6 Å². The molecule has 3 nitrogen and oxygen atoms in total. The minimum absolute atomic E-state index is 0.728. The highest BCUT2D eigenvalue weighted by atomic mass is 32.2. The summed E-state index contributed by atoms with van der Waals surface area (Å²) in [5.74, 6) is 0. The number of aromatic nitrogens is 1. The van der Waals surface area contributed by atoms with Crippen LogP contribution in [0.2, 0.25) is 0 Å². The van der Waals surface area contributed by atoms with Crippen LogP contribution in [-0.4, -0.2) is 23.4 Å². The summed E-state index contributed by atoms with van der Waals surface area (Å²) in [6, 6.07) is 3.67. The summed E-state index contributed by atoms with van der Waals surface area (Å²) < 4.78 is 1.96. The van der Waals surface area contributed by atoms with E-state index in [1.807, 2.05) is 30.5 Å². The predicted octanol–water partition coefficient (Wildman–Crippen LogP) is 1.23. The number of hydrogen-bond donors (Lipinski definition) is 1. The maximum Gasteiger partial charge on any atom is 0.134 e. The Labute approximate surface area is 70.7 Å². The van der Waals surface area contributed by atoms with E-state index in [0.29, 0.717) is 0 Å². The Bertz CT molecular complexity index is 237. The molecule has 0 aromatic carbocycles. The smallest absolute Gasteiger partial charge is 0.134 e. The first-order valence-electron chi connectivity index (χ1n) is 3.26. The van der Waals surface area contributed by atoms with Gasteiger partial charge in [-0.05, 0) is 38.2 Å². The molecule has 0 amide bonds. The zero-order chi connectivity index (χ0) is 8.27. The third-order valence-electron chi connectivity index (χ3n) is 1.07. The van der Waals surface area contributed by atoms with Gasteiger partial charge in [-0.2, -0.15) is 0 Å². The normalized spacial score (nSPS) is 10.5.